The lowest BCUT2D eigenvalue weighted by molar-refractivity contribution is -0.151. The summed E-state index contributed by atoms with van der Waals surface area (Å²) in [6.45, 7) is 4.04. The number of hydrogen-bond acceptors (Lipinski definition) is 4. The predicted octanol–water partition coefficient (Wildman–Crippen LogP) is 3.02. The Hall–Kier alpha value is -0.440. The Morgan fingerprint density at radius 2 is 2.14 bits per heavy atom. The first kappa shape index (κ1) is 16.9. The fourth-order valence-electron chi connectivity index (χ4n) is 2.49. The molecular weight excluding hydrogens is 378 g/mol. The van der Waals surface area contributed by atoms with Crippen LogP contribution in [0.4, 0.5) is 0 Å². The van der Waals surface area contributed by atoms with Crippen molar-refractivity contribution in [2.45, 2.75) is 30.9 Å². The highest BCUT2D eigenvalue weighted by Gasteiger charge is 2.42. The minimum Gasteiger partial charge on any atom is -0.481 e. The first-order chi connectivity index (χ1) is 9.65. The monoisotopic (exact) mass is 395 g/mol. The highest BCUT2D eigenvalue weighted by atomic mass is 79.9. The summed E-state index contributed by atoms with van der Waals surface area (Å²) in [4.78, 5) is 11.4. The molecule has 0 aliphatic carbocycles. The quantitative estimate of drug-likeness (QED) is 0.849. The largest absolute Gasteiger partial charge is 0.481 e. The molecule has 1 N–H and O–H groups in total. The fourth-order valence-corrected chi connectivity index (χ4v) is 6.18. The van der Waals surface area contributed by atoms with Crippen LogP contribution in [0.15, 0.2) is 20.1 Å². The Bertz CT molecular complexity index is 638. The van der Waals surface area contributed by atoms with E-state index in [1.165, 1.54) is 15.6 Å². The van der Waals surface area contributed by atoms with Gasteiger partial charge in [0.2, 0.25) is 0 Å². The van der Waals surface area contributed by atoms with Crippen molar-refractivity contribution in [3.63, 3.8) is 0 Å². The summed E-state index contributed by atoms with van der Waals surface area (Å²) >= 11 is 4.44. The molecule has 1 aromatic rings. The number of aliphatic carboxylic acids is 1. The van der Waals surface area contributed by atoms with Crippen LogP contribution in [0.3, 0.4) is 0 Å². The van der Waals surface area contributed by atoms with Crippen molar-refractivity contribution in [2.24, 2.45) is 11.3 Å². The van der Waals surface area contributed by atoms with Gasteiger partial charge in [-0.1, -0.05) is 0 Å². The first-order valence-corrected chi connectivity index (χ1v) is 9.69. The van der Waals surface area contributed by atoms with Crippen molar-refractivity contribution in [2.75, 3.05) is 13.1 Å². The summed E-state index contributed by atoms with van der Waals surface area (Å²) in [6, 6.07) is 3.29. The number of piperidine rings is 1. The third-order valence-corrected chi connectivity index (χ3v) is 8.05. The summed E-state index contributed by atoms with van der Waals surface area (Å²) < 4.78 is 27.7. The molecule has 1 aliphatic heterocycles. The van der Waals surface area contributed by atoms with Crippen LogP contribution in [0.2, 0.25) is 0 Å². The van der Waals surface area contributed by atoms with Crippen molar-refractivity contribution >= 4 is 43.3 Å². The van der Waals surface area contributed by atoms with Crippen molar-refractivity contribution in [3.8, 4) is 0 Å². The van der Waals surface area contributed by atoms with Crippen molar-refractivity contribution < 1.29 is 18.3 Å². The van der Waals surface area contributed by atoms with Crippen LogP contribution in [0.5, 0.6) is 0 Å². The number of halogens is 1. The van der Waals surface area contributed by atoms with Gasteiger partial charge in [0.05, 0.1) is 9.20 Å². The molecule has 0 saturated carbocycles. The number of thiophene rings is 1. The van der Waals surface area contributed by atoms with Gasteiger partial charge in [-0.15, -0.1) is 11.3 Å². The van der Waals surface area contributed by atoms with E-state index in [0.717, 1.165) is 10.2 Å². The van der Waals surface area contributed by atoms with E-state index in [0.29, 0.717) is 17.2 Å². The molecule has 1 unspecified atom stereocenters. The third-order valence-electron chi connectivity index (χ3n) is 4.10. The van der Waals surface area contributed by atoms with E-state index in [2.05, 4.69) is 15.9 Å². The van der Waals surface area contributed by atoms with Crippen molar-refractivity contribution in [1.82, 2.24) is 4.31 Å². The van der Waals surface area contributed by atoms with Gasteiger partial charge in [-0.2, -0.15) is 4.31 Å². The van der Waals surface area contributed by atoms with Gasteiger partial charge in [-0.05, 0) is 60.7 Å². The number of nitrogens with zero attached hydrogens (tertiary/aromatic N) is 1. The average molecular weight is 396 g/mol. The Morgan fingerprint density at radius 1 is 1.48 bits per heavy atom. The highest BCUT2D eigenvalue weighted by Crippen LogP contribution is 2.37. The smallest absolute Gasteiger partial charge is 0.309 e. The van der Waals surface area contributed by atoms with Gasteiger partial charge < -0.3 is 5.11 Å². The zero-order valence-corrected chi connectivity index (χ0v) is 15.1. The minimum absolute atomic E-state index is 0.179. The first-order valence-electron chi connectivity index (χ1n) is 6.64. The maximum Gasteiger partial charge on any atom is 0.309 e. The molecular formula is C13H18BrNO4S2. The van der Waals surface area contributed by atoms with Gasteiger partial charge >= 0.3 is 5.97 Å². The number of carbonyl (C=O) groups is 1. The Morgan fingerprint density at radius 3 is 2.67 bits per heavy atom. The summed E-state index contributed by atoms with van der Waals surface area (Å²) in [5.74, 6) is -1.06. The van der Waals surface area contributed by atoms with E-state index in [1.807, 2.05) is 0 Å². The van der Waals surface area contributed by atoms with E-state index in [4.69, 9.17) is 0 Å². The van der Waals surface area contributed by atoms with Gasteiger partial charge in [0.1, 0.15) is 4.21 Å². The van der Waals surface area contributed by atoms with Crippen LogP contribution in [-0.2, 0) is 14.8 Å². The van der Waals surface area contributed by atoms with Crippen LogP contribution in [0.1, 0.15) is 26.7 Å². The van der Waals surface area contributed by atoms with E-state index >= 15 is 0 Å². The van der Waals surface area contributed by atoms with Gasteiger partial charge in [-0.25, -0.2) is 8.42 Å². The number of rotatable bonds is 4. The number of carboxylic acid groups (broad SMARTS) is 1. The van der Waals surface area contributed by atoms with E-state index in [9.17, 15) is 18.3 Å². The fraction of sp³-hybridized carbons (Fsp3) is 0.615. The second kappa shape index (κ2) is 5.98. The van der Waals surface area contributed by atoms with Crippen LogP contribution < -0.4 is 0 Å². The summed E-state index contributed by atoms with van der Waals surface area (Å²) in [7, 11) is -3.53. The van der Waals surface area contributed by atoms with Gasteiger partial charge in [-0.3, -0.25) is 4.79 Å². The van der Waals surface area contributed by atoms with Crippen molar-refractivity contribution in [3.05, 3.63) is 15.9 Å². The Labute approximate surface area is 137 Å². The minimum atomic E-state index is -3.53. The lowest BCUT2D eigenvalue weighted by atomic mass is 9.75. The summed E-state index contributed by atoms with van der Waals surface area (Å²) in [5.41, 5.74) is -0.926. The van der Waals surface area contributed by atoms with Crippen LogP contribution in [-0.4, -0.2) is 36.9 Å². The number of hydrogen-bond donors (Lipinski definition) is 1. The molecule has 1 saturated heterocycles. The second-order valence-electron chi connectivity index (χ2n) is 5.79. The molecule has 0 amide bonds. The molecule has 0 aromatic carbocycles. The standard InChI is InChI=1S/C13H18BrNO4S2/c1-13(2,12(16)17)9-4-3-7-15(8-9)21(18,19)11-6-5-10(14)20-11/h5-6,9H,3-4,7-8H2,1-2H3,(H,16,17). The summed E-state index contributed by atoms with van der Waals surface area (Å²) in [6.07, 6.45) is 1.42. The maximum atomic E-state index is 12.6. The molecule has 0 radical (unpaired) electrons. The zero-order chi connectivity index (χ0) is 15.8. The lowest BCUT2D eigenvalue weighted by Gasteiger charge is -2.38. The zero-order valence-electron chi connectivity index (χ0n) is 11.9. The Kier molecular flexibility index (Phi) is 4.82. The molecule has 2 heterocycles. The lowest BCUT2D eigenvalue weighted by Crippen LogP contribution is -2.46. The van der Waals surface area contributed by atoms with Gasteiger partial charge in [0.15, 0.2) is 0 Å². The molecule has 1 atom stereocenters. The van der Waals surface area contributed by atoms with Crippen molar-refractivity contribution in [1.29, 1.82) is 0 Å². The summed E-state index contributed by atoms with van der Waals surface area (Å²) in [5, 5.41) is 9.33. The Balaban J connectivity index is 2.24. The molecule has 118 valence electrons. The molecule has 21 heavy (non-hydrogen) atoms. The highest BCUT2D eigenvalue weighted by molar-refractivity contribution is 9.11. The molecule has 1 aliphatic rings. The van der Waals surface area contributed by atoms with Crippen LogP contribution in [0, 0.1) is 11.3 Å². The molecule has 1 fully saturated rings. The molecule has 1 aromatic heterocycles. The molecule has 0 spiro atoms. The van der Waals surface area contributed by atoms with Gasteiger partial charge in [0, 0.05) is 13.1 Å². The van der Waals surface area contributed by atoms with Crippen LogP contribution in [0.25, 0.3) is 0 Å². The average Bonchev–Trinajstić information content (AvgIpc) is 2.86. The molecule has 0 bridgehead atoms. The van der Waals surface area contributed by atoms with E-state index in [1.54, 1.807) is 26.0 Å². The van der Waals surface area contributed by atoms with Gasteiger partial charge in [0.25, 0.3) is 10.0 Å². The number of carboxylic acids is 1. The molecule has 5 nitrogen and oxygen atoms in total. The topological polar surface area (TPSA) is 74.7 Å². The predicted molar refractivity (Wildman–Crippen MR) is 84.9 cm³/mol. The second-order valence-corrected chi connectivity index (χ2v) is 10.4. The van der Waals surface area contributed by atoms with E-state index < -0.39 is 21.4 Å². The third kappa shape index (κ3) is 3.33. The SMILES string of the molecule is CC(C)(C(=O)O)C1CCCN(S(=O)(=O)c2ccc(Br)s2)C1. The number of sulfonamides is 1. The molecule has 8 heteroatoms. The van der Waals surface area contributed by atoms with Crippen LogP contribution >= 0.6 is 27.3 Å². The van der Waals surface area contributed by atoms with E-state index in [-0.39, 0.29) is 12.5 Å². The molecule has 2 rings (SSSR count). The maximum absolute atomic E-state index is 12.6. The normalized spacial score (nSPS) is 21.4.